The summed E-state index contributed by atoms with van der Waals surface area (Å²) in [4.78, 5) is 21.0. The topological polar surface area (TPSA) is 38.8 Å². The highest BCUT2D eigenvalue weighted by Gasteiger charge is 2.30. The lowest BCUT2D eigenvalue weighted by atomic mass is 10.0. The molecule has 4 rings (SSSR count). The van der Waals surface area contributed by atoms with Gasteiger partial charge in [-0.3, -0.25) is 4.90 Å². The summed E-state index contributed by atoms with van der Waals surface area (Å²) in [5, 5.41) is 3.09. The minimum atomic E-state index is 0.0240. The van der Waals surface area contributed by atoms with Gasteiger partial charge < -0.3 is 15.1 Å². The third-order valence-corrected chi connectivity index (χ3v) is 6.68. The number of benzene rings is 2. The van der Waals surface area contributed by atoms with Crippen LogP contribution in [0.3, 0.4) is 0 Å². The van der Waals surface area contributed by atoms with Crippen LogP contribution in [0.1, 0.15) is 12.8 Å². The van der Waals surface area contributed by atoms with E-state index in [1.807, 2.05) is 29.4 Å². The van der Waals surface area contributed by atoms with Crippen LogP contribution in [0, 0.1) is 0 Å². The summed E-state index contributed by atoms with van der Waals surface area (Å²) in [7, 11) is 0. The fourth-order valence-electron chi connectivity index (χ4n) is 4.32. The molecule has 1 unspecified atom stereocenters. The van der Waals surface area contributed by atoms with E-state index in [1.54, 1.807) is 11.8 Å². The molecule has 29 heavy (non-hydrogen) atoms. The predicted octanol–water partition coefficient (Wildman–Crippen LogP) is 4.23. The minimum absolute atomic E-state index is 0.0240. The highest BCUT2D eigenvalue weighted by Crippen LogP contribution is 2.23. The second-order valence-corrected chi connectivity index (χ2v) is 8.64. The van der Waals surface area contributed by atoms with Crippen LogP contribution in [0.15, 0.2) is 59.5 Å². The smallest absolute Gasteiger partial charge is 0.321 e. The molecule has 2 fully saturated rings. The molecule has 0 aromatic heterocycles. The zero-order valence-corrected chi connectivity index (χ0v) is 17.9. The van der Waals surface area contributed by atoms with Crippen LogP contribution in [0.2, 0.25) is 0 Å². The van der Waals surface area contributed by atoms with Gasteiger partial charge in [0.25, 0.3) is 0 Å². The van der Waals surface area contributed by atoms with E-state index in [0.29, 0.717) is 6.04 Å². The summed E-state index contributed by atoms with van der Waals surface area (Å²) in [6.45, 7) is 5.88. The van der Waals surface area contributed by atoms with E-state index in [0.717, 1.165) is 56.3 Å². The van der Waals surface area contributed by atoms with Crippen LogP contribution < -0.4 is 10.2 Å². The zero-order chi connectivity index (χ0) is 20.1. The van der Waals surface area contributed by atoms with Gasteiger partial charge in [-0.2, -0.15) is 0 Å². The number of amides is 2. The molecule has 2 saturated heterocycles. The van der Waals surface area contributed by atoms with Gasteiger partial charge in [-0.25, -0.2) is 4.79 Å². The highest BCUT2D eigenvalue weighted by atomic mass is 32.2. The number of rotatable bonds is 4. The maximum atomic E-state index is 12.8. The molecular weight excluding hydrogens is 380 g/mol. The number of piperidine rings is 1. The monoisotopic (exact) mass is 410 g/mol. The van der Waals surface area contributed by atoms with Gasteiger partial charge in [-0.15, -0.1) is 11.8 Å². The summed E-state index contributed by atoms with van der Waals surface area (Å²) in [5.74, 6) is 0. The van der Waals surface area contributed by atoms with Gasteiger partial charge in [0.05, 0.1) is 0 Å². The average molecular weight is 411 g/mol. The standard InChI is InChI=1S/C23H30N4OS/c1-29-22-11-5-7-19(17-22)24-23(28)27-12-6-10-21(18-27)26-15-13-25(14-16-26)20-8-3-2-4-9-20/h2-5,7-9,11,17,21H,6,10,12-16,18H2,1H3,(H,24,28). The molecular formula is C23H30N4OS. The normalized spacial score (nSPS) is 20.5. The summed E-state index contributed by atoms with van der Waals surface area (Å²) in [5.41, 5.74) is 2.18. The Morgan fingerprint density at radius 2 is 1.79 bits per heavy atom. The number of anilines is 2. The maximum Gasteiger partial charge on any atom is 0.321 e. The number of piperazine rings is 1. The van der Waals surface area contributed by atoms with Crippen LogP contribution in [0.4, 0.5) is 16.2 Å². The lowest BCUT2D eigenvalue weighted by Crippen LogP contribution is -2.56. The Morgan fingerprint density at radius 1 is 1.00 bits per heavy atom. The van der Waals surface area contributed by atoms with E-state index in [-0.39, 0.29) is 6.03 Å². The number of hydrogen-bond acceptors (Lipinski definition) is 4. The lowest BCUT2D eigenvalue weighted by molar-refractivity contribution is 0.108. The molecule has 6 heteroatoms. The third-order valence-electron chi connectivity index (χ3n) is 5.96. The fraction of sp³-hybridized carbons (Fsp3) is 0.435. The molecule has 0 radical (unpaired) electrons. The maximum absolute atomic E-state index is 12.8. The number of urea groups is 1. The van der Waals surface area contributed by atoms with Gasteiger partial charge in [0, 0.05) is 61.6 Å². The Bertz CT molecular complexity index is 808. The largest absolute Gasteiger partial charge is 0.369 e. The Kier molecular flexibility index (Phi) is 6.62. The van der Waals surface area contributed by atoms with E-state index in [2.05, 4.69) is 51.5 Å². The van der Waals surface area contributed by atoms with Crippen molar-refractivity contribution in [3.8, 4) is 0 Å². The number of hydrogen-bond donors (Lipinski definition) is 1. The van der Waals surface area contributed by atoms with Gasteiger partial charge in [0.1, 0.15) is 0 Å². The first-order valence-corrected chi connectivity index (χ1v) is 11.7. The van der Waals surface area contributed by atoms with Crippen molar-refractivity contribution < 1.29 is 4.79 Å². The summed E-state index contributed by atoms with van der Waals surface area (Å²) in [6.07, 6.45) is 4.30. The molecule has 1 N–H and O–H groups in total. The number of carbonyl (C=O) groups excluding carboxylic acids is 1. The van der Waals surface area contributed by atoms with Crippen LogP contribution >= 0.6 is 11.8 Å². The Morgan fingerprint density at radius 3 is 2.55 bits per heavy atom. The fourth-order valence-corrected chi connectivity index (χ4v) is 4.78. The number of thioether (sulfide) groups is 1. The van der Waals surface area contributed by atoms with Gasteiger partial charge >= 0.3 is 6.03 Å². The first-order valence-electron chi connectivity index (χ1n) is 10.5. The van der Waals surface area contributed by atoms with Crippen molar-refractivity contribution in [3.05, 3.63) is 54.6 Å². The lowest BCUT2D eigenvalue weighted by Gasteiger charge is -2.43. The average Bonchev–Trinajstić information content (AvgIpc) is 2.80. The summed E-state index contributed by atoms with van der Waals surface area (Å²) in [6, 6.07) is 19.2. The Labute approximate surface area is 178 Å². The molecule has 5 nitrogen and oxygen atoms in total. The van der Waals surface area contributed by atoms with Crippen molar-refractivity contribution in [3.63, 3.8) is 0 Å². The van der Waals surface area contributed by atoms with E-state index in [9.17, 15) is 4.79 Å². The van der Waals surface area contributed by atoms with Gasteiger partial charge in [-0.1, -0.05) is 24.3 Å². The number of carbonyl (C=O) groups is 1. The second-order valence-electron chi connectivity index (χ2n) is 7.76. The first-order chi connectivity index (χ1) is 14.2. The van der Waals surface area contributed by atoms with Gasteiger partial charge in [0.15, 0.2) is 0 Å². The van der Waals surface area contributed by atoms with E-state index in [4.69, 9.17) is 0 Å². The number of nitrogens with one attached hydrogen (secondary N) is 1. The molecule has 2 amide bonds. The Hall–Kier alpha value is -2.18. The molecule has 2 aliphatic rings. The van der Waals surface area contributed by atoms with Gasteiger partial charge in [0.2, 0.25) is 0 Å². The Balaban J connectivity index is 1.31. The molecule has 154 valence electrons. The van der Waals surface area contributed by atoms with Crippen molar-refractivity contribution in [2.45, 2.75) is 23.8 Å². The van der Waals surface area contributed by atoms with Crippen LogP contribution in [0.5, 0.6) is 0 Å². The number of para-hydroxylation sites is 1. The van der Waals surface area contributed by atoms with Crippen LogP contribution in [0.25, 0.3) is 0 Å². The van der Waals surface area contributed by atoms with E-state index in [1.165, 1.54) is 12.1 Å². The van der Waals surface area contributed by atoms with Crippen molar-refractivity contribution in [1.29, 1.82) is 0 Å². The first kappa shape index (κ1) is 20.1. The van der Waals surface area contributed by atoms with Crippen LogP contribution in [-0.2, 0) is 0 Å². The second kappa shape index (κ2) is 9.55. The van der Waals surface area contributed by atoms with Crippen molar-refractivity contribution >= 4 is 29.2 Å². The van der Waals surface area contributed by atoms with Gasteiger partial charge in [-0.05, 0) is 49.4 Å². The predicted molar refractivity (Wildman–Crippen MR) is 122 cm³/mol. The molecule has 0 aliphatic carbocycles. The number of likely N-dealkylation sites (tertiary alicyclic amines) is 1. The van der Waals surface area contributed by atoms with Crippen molar-refractivity contribution in [2.75, 3.05) is 55.7 Å². The highest BCUT2D eigenvalue weighted by molar-refractivity contribution is 7.98. The molecule has 2 aliphatic heterocycles. The SMILES string of the molecule is CSc1cccc(NC(=O)N2CCCC(N3CCN(c4ccccc4)CC3)C2)c1. The minimum Gasteiger partial charge on any atom is -0.369 e. The molecule has 0 spiro atoms. The van der Waals surface area contributed by atoms with Crippen molar-refractivity contribution in [2.24, 2.45) is 0 Å². The van der Waals surface area contributed by atoms with E-state index < -0.39 is 0 Å². The molecule has 2 aromatic carbocycles. The number of nitrogens with zero attached hydrogens (tertiary/aromatic N) is 3. The zero-order valence-electron chi connectivity index (χ0n) is 17.1. The molecule has 2 heterocycles. The molecule has 0 bridgehead atoms. The van der Waals surface area contributed by atoms with Crippen molar-refractivity contribution in [1.82, 2.24) is 9.80 Å². The van der Waals surface area contributed by atoms with Crippen LogP contribution in [-0.4, -0.2) is 67.4 Å². The summed E-state index contributed by atoms with van der Waals surface area (Å²) >= 11 is 1.69. The summed E-state index contributed by atoms with van der Waals surface area (Å²) < 4.78 is 0. The third kappa shape index (κ3) is 5.06. The quantitative estimate of drug-likeness (QED) is 0.766. The molecule has 0 saturated carbocycles. The van der Waals surface area contributed by atoms with E-state index >= 15 is 0 Å². The molecule has 2 aromatic rings. The molecule has 1 atom stereocenters.